The minimum atomic E-state index is -0.202. The van der Waals surface area contributed by atoms with Crippen molar-refractivity contribution in [3.63, 3.8) is 0 Å². The number of nitrogens with zero attached hydrogens (tertiary/aromatic N) is 3. The van der Waals surface area contributed by atoms with Gasteiger partial charge in [-0.2, -0.15) is 4.98 Å². The van der Waals surface area contributed by atoms with Crippen LogP contribution in [-0.2, 0) is 11.3 Å². The predicted molar refractivity (Wildman–Crippen MR) is 102 cm³/mol. The Labute approximate surface area is 160 Å². The van der Waals surface area contributed by atoms with Gasteiger partial charge in [-0.25, -0.2) is 4.39 Å². The van der Waals surface area contributed by atoms with E-state index in [4.69, 9.17) is 9.26 Å². The third kappa shape index (κ3) is 5.74. The number of para-hydroxylation sites is 1. The number of hydrogen-bond acceptors (Lipinski definition) is 6. The van der Waals surface area contributed by atoms with Gasteiger partial charge in [0, 0.05) is 25.7 Å². The van der Waals surface area contributed by atoms with E-state index in [0.29, 0.717) is 36.5 Å². The molecule has 1 aliphatic rings. The van der Waals surface area contributed by atoms with Crippen molar-refractivity contribution in [1.82, 2.24) is 15.0 Å². The zero-order valence-electron chi connectivity index (χ0n) is 16.3. The molecule has 2 aromatic rings. The van der Waals surface area contributed by atoms with Crippen LogP contribution in [0.15, 0.2) is 28.8 Å². The summed E-state index contributed by atoms with van der Waals surface area (Å²) in [6, 6.07) is 7.09. The molecular weight excluding hydrogens is 347 g/mol. The van der Waals surface area contributed by atoms with Crippen molar-refractivity contribution in [3.8, 4) is 0 Å². The monoisotopic (exact) mass is 376 g/mol. The quantitative estimate of drug-likeness (QED) is 0.751. The van der Waals surface area contributed by atoms with Crippen LogP contribution in [0.3, 0.4) is 0 Å². The second kappa shape index (κ2) is 9.28. The Morgan fingerprint density at radius 2 is 2.00 bits per heavy atom. The standard InChI is InChI=1S/C20H29FN4O2/c1-14(2)13-26-15(3)20-23-19(27-24-20)12-25-10-8-16(9-11-25)22-18-7-5-4-6-17(18)21/h4-7,14-16,22H,8-13H2,1-3H3. The number of likely N-dealkylation sites (tertiary alicyclic amines) is 1. The zero-order chi connectivity index (χ0) is 19.2. The lowest BCUT2D eigenvalue weighted by Crippen LogP contribution is -2.38. The Morgan fingerprint density at radius 1 is 1.26 bits per heavy atom. The van der Waals surface area contributed by atoms with Gasteiger partial charge >= 0.3 is 0 Å². The van der Waals surface area contributed by atoms with E-state index in [1.807, 2.05) is 13.0 Å². The SMILES string of the molecule is CC(C)COC(C)c1noc(CN2CCC(Nc3ccccc3F)CC2)n1. The van der Waals surface area contributed by atoms with Gasteiger partial charge in [-0.05, 0) is 37.8 Å². The molecule has 0 amide bonds. The number of aromatic nitrogens is 2. The van der Waals surface area contributed by atoms with E-state index >= 15 is 0 Å². The van der Waals surface area contributed by atoms with E-state index in [-0.39, 0.29) is 18.0 Å². The number of benzene rings is 1. The average molecular weight is 376 g/mol. The molecular formula is C20H29FN4O2. The first kappa shape index (κ1) is 19.8. The Morgan fingerprint density at radius 3 is 2.70 bits per heavy atom. The normalized spacial score (nSPS) is 17.4. The molecule has 0 aliphatic carbocycles. The third-order valence-corrected chi connectivity index (χ3v) is 4.71. The van der Waals surface area contributed by atoms with Gasteiger partial charge in [0.15, 0.2) is 5.82 Å². The highest BCUT2D eigenvalue weighted by Crippen LogP contribution is 2.21. The average Bonchev–Trinajstić information content (AvgIpc) is 3.12. The lowest BCUT2D eigenvalue weighted by Gasteiger charge is -2.32. The highest BCUT2D eigenvalue weighted by molar-refractivity contribution is 5.45. The smallest absolute Gasteiger partial charge is 0.240 e. The maximum absolute atomic E-state index is 13.8. The second-order valence-electron chi connectivity index (χ2n) is 7.59. The maximum Gasteiger partial charge on any atom is 0.240 e. The van der Waals surface area contributed by atoms with Crippen LogP contribution in [-0.4, -0.2) is 40.8 Å². The van der Waals surface area contributed by atoms with Crippen LogP contribution in [0.2, 0.25) is 0 Å². The van der Waals surface area contributed by atoms with Crippen molar-refractivity contribution < 1.29 is 13.7 Å². The van der Waals surface area contributed by atoms with Crippen LogP contribution in [0.1, 0.15) is 51.4 Å². The van der Waals surface area contributed by atoms with Crippen LogP contribution >= 0.6 is 0 Å². The molecule has 1 aliphatic heterocycles. The molecule has 7 heteroatoms. The first-order chi connectivity index (χ1) is 13.0. The van der Waals surface area contributed by atoms with Gasteiger partial charge in [0.2, 0.25) is 5.89 Å². The molecule has 1 atom stereocenters. The van der Waals surface area contributed by atoms with Gasteiger partial charge < -0.3 is 14.6 Å². The minimum absolute atomic E-state index is 0.166. The second-order valence-corrected chi connectivity index (χ2v) is 7.59. The summed E-state index contributed by atoms with van der Waals surface area (Å²) in [5, 5.41) is 7.35. The summed E-state index contributed by atoms with van der Waals surface area (Å²) in [5.74, 6) is 1.48. The van der Waals surface area contributed by atoms with E-state index in [1.54, 1.807) is 12.1 Å². The number of rotatable bonds is 8. The molecule has 0 bridgehead atoms. The topological polar surface area (TPSA) is 63.4 Å². The molecule has 1 unspecified atom stereocenters. The molecule has 148 valence electrons. The molecule has 1 N–H and O–H groups in total. The van der Waals surface area contributed by atoms with Gasteiger partial charge in [0.25, 0.3) is 0 Å². The molecule has 27 heavy (non-hydrogen) atoms. The molecule has 1 saturated heterocycles. The number of hydrogen-bond donors (Lipinski definition) is 1. The number of ether oxygens (including phenoxy) is 1. The summed E-state index contributed by atoms with van der Waals surface area (Å²) in [5.41, 5.74) is 0.577. The van der Waals surface area contributed by atoms with Crippen molar-refractivity contribution in [2.45, 2.75) is 52.3 Å². The maximum atomic E-state index is 13.8. The van der Waals surface area contributed by atoms with Crippen molar-refractivity contribution in [1.29, 1.82) is 0 Å². The predicted octanol–water partition coefficient (Wildman–Crippen LogP) is 4.02. The summed E-state index contributed by atoms with van der Waals surface area (Å²) < 4.78 is 24.9. The summed E-state index contributed by atoms with van der Waals surface area (Å²) in [7, 11) is 0. The fourth-order valence-corrected chi connectivity index (χ4v) is 3.13. The van der Waals surface area contributed by atoms with Crippen LogP contribution in [0.4, 0.5) is 10.1 Å². The molecule has 6 nitrogen and oxygen atoms in total. The minimum Gasteiger partial charge on any atom is -0.380 e. The van der Waals surface area contributed by atoms with Gasteiger partial charge in [0.1, 0.15) is 11.9 Å². The Bertz CT molecular complexity index is 714. The van der Waals surface area contributed by atoms with E-state index < -0.39 is 0 Å². The van der Waals surface area contributed by atoms with E-state index in [1.165, 1.54) is 6.07 Å². The molecule has 1 aromatic heterocycles. The fraction of sp³-hybridized carbons (Fsp3) is 0.600. The molecule has 0 spiro atoms. The molecule has 0 saturated carbocycles. The highest BCUT2D eigenvalue weighted by atomic mass is 19.1. The third-order valence-electron chi connectivity index (χ3n) is 4.71. The van der Waals surface area contributed by atoms with Gasteiger partial charge in [-0.1, -0.05) is 31.1 Å². The molecule has 1 aromatic carbocycles. The van der Waals surface area contributed by atoms with Crippen LogP contribution < -0.4 is 5.32 Å². The van der Waals surface area contributed by atoms with Crippen LogP contribution in [0.5, 0.6) is 0 Å². The van der Waals surface area contributed by atoms with Crippen molar-refractivity contribution >= 4 is 5.69 Å². The summed E-state index contributed by atoms with van der Waals surface area (Å²) in [4.78, 5) is 6.76. The van der Waals surface area contributed by atoms with Crippen LogP contribution in [0.25, 0.3) is 0 Å². The number of halogens is 1. The summed E-state index contributed by atoms with van der Waals surface area (Å²) >= 11 is 0. The van der Waals surface area contributed by atoms with Crippen molar-refractivity contribution in [3.05, 3.63) is 41.8 Å². The molecule has 0 radical (unpaired) electrons. The van der Waals surface area contributed by atoms with Gasteiger partial charge in [0.05, 0.1) is 12.2 Å². The molecule has 2 heterocycles. The summed E-state index contributed by atoms with van der Waals surface area (Å²) in [6.07, 6.45) is 1.73. The first-order valence-electron chi connectivity index (χ1n) is 9.68. The van der Waals surface area contributed by atoms with E-state index in [2.05, 4.69) is 34.2 Å². The number of piperidine rings is 1. The van der Waals surface area contributed by atoms with Crippen LogP contribution in [0, 0.1) is 11.7 Å². The van der Waals surface area contributed by atoms with Crippen molar-refractivity contribution in [2.75, 3.05) is 25.0 Å². The summed E-state index contributed by atoms with van der Waals surface area (Å²) in [6.45, 7) is 9.28. The Balaban J connectivity index is 1.45. The molecule has 3 rings (SSSR count). The van der Waals surface area contributed by atoms with Gasteiger partial charge in [-0.3, -0.25) is 4.90 Å². The number of nitrogens with one attached hydrogen (secondary N) is 1. The largest absolute Gasteiger partial charge is 0.380 e. The zero-order valence-corrected chi connectivity index (χ0v) is 16.3. The lowest BCUT2D eigenvalue weighted by molar-refractivity contribution is 0.0402. The lowest BCUT2D eigenvalue weighted by atomic mass is 10.0. The number of anilines is 1. The molecule has 1 fully saturated rings. The van der Waals surface area contributed by atoms with E-state index in [9.17, 15) is 4.39 Å². The highest BCUT2D eigenvalue weighted by Gasteiger charge is 2.22. The first-order valence-corrected chi connectivity index (χ1v) is 9.68. The van der Waals surface area contributed by atoms with Gasteiger partial charge in [-0.15, -0.1) is 0 Å². The van der Waals surface area contributed by atoms with Crippen molar-refractivity contribution in [2.24, 2.45) is 5.92 Å². The Kier molecular flexibility index (Phi) is 6.79. The Hall–Kier alpha value is -1.99. The fourth-order valence-electron chi connectivity index (χ4n) is 3.13. The van der Waals surface area contributed by atoms with E-state index in [0.717, 1.165) is 25.9 Å².